The number of hydroxylamine groups is 1. The Morgan fingerprint density at radius 2 is 1.82 bits per heavy atom. The highest BCUT2D eigenvalue weighted by atomic mass is 35.5. The second-order valence-electron chi connectivity index (χ2n) is 5.34. The molecule has 0 aromatic heterocycles. The van der Waals surface area contributed by atoms with Crippen LogP contribution in [0.2, 0.25) is 10.0 Å². The quantitative estimate of drug-likeness (QED) is 0.490. The predicted molar refractivity (Wildman–Crippen MR) is 90.5 cm³/mol. The van der Waals surface area contributed by atoms with Crippen LogP contribution in [-0.4, -0.2) is 18.3 Å². The molecule has 4 nitrogen and oxygen atoms in total. The minimum Gasteiger partial charge on any atom is -0.508 e. The van der Waals surface area contributed by atoms with Crippen molar-refractivity contribution in [2.24, 2.45) is 5.92 Å². The molecule has 0 bridgehead atoms. The number of ether oxygens (including phenoxy) is 1. The van der Waals surface area contributed by atoms with E-state index in [2.05, 4.69) is 25.4 Å². The lowest BCUT2D eigenvalue weighted by Gasteiger charge is -2.11. The number of phenolic OH excluding ortho intramolecular Hbond substituents is 1. The third-order valence-corrected chi connectivity index (χ3v) is 3.25. The van der Waals surface area contributed by atoms with Crippen LogP contribution >= 0.6 is 23.2 Å². The summed E-state index contributed by atoms with van der Waals surface area (Å²) in [6.45, 7) is 7.26. The maximum absolute atomic E-state index is 9.33. The normalized spacial score (nSPS) is 11.8. The molecule has 0 saturated heterocycles. The standard InChI is InChI=1S/C16H23Cl2NO3/c1-11(2)8-12(3)19-22-7-5-4-6-21-16-14(17)9-13(20)10-15(16)18/h8-11,19-20H,4-7H2,1-3H3. The number of rotatable bonds is 9. The molecule has 1 aromatic carbocycles. The summed E-state index contributed by atoms with van der Waals surface area (Å²) < 4.78 is 5.54. The van der Waals surface area contributed by atoms with E-state index in [0.717, 1.165) is 18.5 Å². The first-order chi connectivity index (χ1) is 10.4. The van der Waals surface area contributed by atoms with Gasteiger partial charge in [0.2, 0.25) is 0 Å². The second-order valence-corrected chi connectivity index (χ2v) is 6.15. The minimum absolute atomic E-state index is 0.0200. The van der Waals surface area contributed by atoms with Crippen molar-refractivity contribution in [2.45, 2.75) is 33.6 Å². The molecule has 0 heterocycles. The van der Waals surface area contributed by atoms with Crippen LogP contribution in [0.4, 0.5) is 0 Å². The zero-order valence-corrected chi connectivity index (χ0v) is 14.7. The highest BCUT2D eigenvalue weighted by Crippen LogP contribution is 2.36. The first-order valence-corrected chi connectivity index (χ1v) is 8.02. The number of benzene rings is 1. The maximum atomic E-state index is 9.33. The van der Waals surface area contributed by atoms with Crippen molar-refractivity contribution in [2.75, 3.05) is 13.2 Å². The number of unbranched alkanes of at least 4 members (excludes halogenated alkanes) is 1. The van der Waals surface area contributed by atoms with Gasteiger partial charge in [0.1, 0.15) is 5.75 Å². The molecule has 0 fully saturated rings. The van der Waals surface area contributed by atoms with Crippen LogP contribution in [-0.2, 0) is 4.84 Å². The van der Waals surface area contributed by atoms with E-state index in [4.69, 9.17) is 32.8 Å². The van der Waals surface area contributed by atoms with Crippen LogP contribution in [0.1, 0.15) is 33.6 Å². The van der Waals surface area contributed by atoms with Crippen LogP contribution in [0.15, 0.2) is 23.9 Å². The first kappa shape index (κ1) is 18.9. The number of hydrogen-bond acceptors (Lipinski definition) is 4. The predicted octanol–water partition coefficient (Wildman–Crippen LogP) is 4.94. The Morgan fingerprint density at radius 1 is 1.23 bits per heavy atom. The molecule has 0 unspecified atom stereocenters. The van der Waals surface area contributed by atoms with Gasteiger partial charge in [0.15, 0.2) is 5.75 Å². The SMILES string of the molecule is CC(=CC(C)C)NOCCCCOc1c(Cl)cc(O)cc1Cl. The summed E-state index contributed by atoms with van der Waals surface area (Å²) in [6.07, 6.45) is 3.75. The summed E-state index contributed by atoms with van der Waals surface area (Å²) in [5.74, 6) is 0.909. The Balaban J connectivity index is 2.19. The zero-order chi connectivity index (χ0) is 16.5. The topological polar surface area (TPSA) is 50.7 Å². The third-order valence-electron chi connectivity index (χ3n) is 2.69. The third kappa shape index (κ3) is 7.25. The van der Waals surface area contributed by atoms with E-state index < -0.39 is 0 Å². The molecule has 0 aliphatic heterocycles. The van der Waals surface area contributed by atoms with Gasteiger partial charge in [-0.25, -0.2) is 0 Å². The Bertz CT molecular complexity index is 481. The summed E-state index contributed by atoms with van der Waals surface area (Å²) in [7, 11) is 0. The van der Waals surface area contributed by atoms with Gasteiger partial charge in [0.05, 0.1) is 23.3 Å². The van der Waals surface area contributed by atoms with Crippen LogP contribution < -0.4 is 10.2 Å². The highest BCUT2D eigenvalue weighted by Gasteiger charge is 2.09. The average Bonchev–Trinajstić information content (AvgIpc) is 2.39. The van der Waals surface area contributed by atoms with E-state index in [9.17, 15) is 5.11 Å². The molecule has 0 saturated carbocycles. The fourth-order valence-electron chi connectivity index (χ4n) is 1.83. The summed E-state index contributed by atoms with van der Waals surface area (Å²) >= 11 is 11.9. The van der Waals surface area contributed by atoms with Crippen molar-refractivity contribution in [3.63, 3.8) is 0 Å². The fraction of sp³-hybridized carbons (Fsp3) is 0.500. The van der Waals surface area contributed by atoms with Gasteiger partial charge in [-0.3, -0.25) is 10.3 Å². The number of allylic oxidation sites excluding steroid dienone is 2. The molecule has 22 heavy (non-hydrogen) atoms. The molecule has 0 atom stereocenters. The largest absolute Gasteiger partial charge is 0.508 e. The van der Waals surface area contributed by atoms with Gasteiger partial charge < -0.3 is 9.84 Å². The number of halogens is 2. The monoisotopic (exact) mass is 347 g/mol. The molecule has 1 rings (SSSR count). The number of phenols is 1. The second kappa shape index (κ2) is 9.82. The molecule has 124 valence electrons. The smallest absolute Gasteiger partial charge is 0.156 e. The molecule has 1 aromatic rings. The van der Waals surface area contributed by atoms with Crippen molar-refractivity contribution in [3.8, 4) is 11.5 Å². The molecule has 0 amide bonds. The molecule has 0 radical (unpaired) electrons. The van der Waals surface area contributed by atoms with Gasteiger partial charge in [0.25, 0.3) is 0 Å². The summed E-state index contributed by atoms with van der Waals surface area (Å²) in [6, 6.07) is 2.80. The lowest BCUT2D eigenvalue weighted by atomic mass is 10.2. The van der Waals surface area contributed by atoms with E-state index in [0.29, 0.717) is 34.9 Å². The van der Waals surface area contributed by atoms with Gasteiger partial charge in [-0.15, -0.1) is 0 Å². The Kier molecular flexibility index (Phi) is 8.46. The van der Waals surface area contributed by atoms with Crippen LogP contribution in [0.3, 0.4) is 0 Å². The number of hydrogen-bond donors (Lipinski definition) is 2. The Hall–Kier alpha value is -1.10. The summed E-state index contributed by atoms with van der Waals surface area (Å²) in [5, 5.41) is 9.94. The molecular formula is C16H23Cl2NO3. The van der Waals surface area contributed by atoms with Crippen molar-refractivity contribution in [1.29, 1.82) is 0 Å². The molecule has 6 heteroatoms. The minimum atomic E-state index is 0.0200. The molecule has 0 aliphatic rings. The lowest BCUT2D eigenvalue weighted by molar-refractivity contribution is 0.0578. The van der Waals surface area contributed by atoms with Crippen molar-refractivity contribution >= 4 is 23.2 Å². The van der Waals surface area contributed by atoms with Crippen molar-refractivity contribution in [3.05, 3.63) is 34.0 Å². The molecule has 0 spiro atoms. The van der Waals surface area contributed by atoms with Gasteiger partial charge in [0, 0.05) is 17.8 Å². The highest BCUT2D eigenvalue weighted by molar-refractivity contribution is 6.37. The zero-order valence-electron chi connectivity index (χ0n) is 13.2. The first-order valence-electron chi connectivity index (χ1n) is 7.27. The van der Waals surface area contributed by atoms with E-state index in [1.807, 2.05) is 6.92 Å². The Morgan fingerprint density at radius 3 is 2.41 bits per heavy atom. The lowest BCUT2D eigenvalue weighted by Crippen LogP contribution is -2.14. The van der Waals surface area contributed by atoms with Gasteiger partial charge in [-0.05, 0) is 25.7 Å². The van der Waals surface area contributed by atoms with Gasteiger partial charge in [-0.2, -0.15) is 0 Å². The Labute approximate surface area is 142 Å². The van der Waals surface area contributed by atoms with Gasteiger partial charge in [-0.1, -0.05) is 43.1 Å². The van der Waals surface area contributed by atoms with E-state index >= 15 is 0 Å². The number of aromatic hydroxyl groups is 1. The van der Waals surface area contributed by atoms with Crippen molar-refractivity contribution < 1.29 is 14.7 Å². The summed E-state index contributed by atoms with van der Waals surface area (Å²) in [4.78, 5) is 5.35. The van der Waals surface area contributed by atoms with Crippen molar-refractivity contribution in [1.82, 2.24) is 5.48 Å². The van der Waals surface area contributed by atoms with E-state index in [1.165, 1.54) is 12.1 Å². The van der Waals surface area contributed by atoms with E-state index in [-0.39, 0.29) is 5.75 Å². The van der Waals surface area contributed by atoms with Gasteiger partial charge >= 0.3 is 0 Å². The fourth-order valence-corrected chi connectivity index (χ4v) is 2.42. The average molecular weight is 348 g/mol. The molecule has 2 N–H and O–H groups in total. The van der Waals surface area contributed by atoms with E-state index in [1.54, 1.807) is 0 Å². The number of nitrogens with one attached hydrogen (secondary N) is 1. The van der Waals surface area contributed by atoms with Crippen LogP contribution in [0.5, 0.6) is 11.5 Å². The van der Waals surface area contributed by atoms with Crippen LogP contribution in [0.25, 0.3) is 0 Å². The molecule has 0 aliphatic carbocycles. The summed E-state index contributed by atoms with van der Waals surface area (Å²) in [5.41, 5.74) is 3.91. The maximum Gasteiger partial charge on any atom is 0.156 e. The molecular weight excluding hydrogens is 325 g/mol. The van der Waals surface area contributed by atoms with Crippen LogP contribution in [0, 0.1) is 5.92 Å².